The number of anilines is 1. The third-order valence-corrected chi connectivity index (χ3v) is 6.27. The number of carbonyl (C=O) groups is 2. The van der Waals surface area contributed by atoms with Crippen molar-refractivity contribution >= 4 is 17.6 Å². The molecule has 4 N–H and O–H groups in total. The van der Waals surface area contributed by atoms with Gasteiger partial charge in [-0.1, -0.05) is 37.3 Å². The van der Waals surface area contributed by atoms with Crippen molar-refractivity contribution < 1.29 is 41.7 Å². The van der Waals surface area contributed by atoms with Crippen LogP contribution in [0.2, 0.25) is 0 Å². The minimum Gasteiger partial charge on any atom is -0.494 e. The molecule has 3 atom stereocenters. The van der Waals surface area contributed by atoms with E-state index in [0.29, 0.717) is 17.9 Å². The average Bonchev–Trinajstić information content (AvgIpc) is 2.87. The smallest absolute Gasteiger partial charge is 0.407 e. The van der Waals surface area contributed by atoms with Gasteiger partial charge in [-0.3, -0.25) is 10.1 Å². The first-order chi connectivity index (χ1) is 19.0. The largest absolute Gasteiger partial charge is 0.494 e. The third-order valence-electron chi connectivity index (χ3n) is 6.27. The fourth-order valence-corrected chi connectivity index (χ4v) is 3.99. The first-order valence-electron chi connectivity index (χ1n) is 13.2. The standard InChI is InChI=1S/C29H39F4N3O5/c1-7-19(17-34-21-14-13-20(15-23(21)40-6)41-28(4,5)26(38)39)35-25(37)22(16-27(2,3)30)36-24(29(31,32)33)18-11-9-8-10-12-18/h8-15,19,22,24,34,36H,7,16-17H2,1-6H3,(H,35,37)(H,38,39)/t19-,22+,24+/m1/s1. The lowest BCUT2D eigenvalue weighted by molar-refractivity contribution is -0.161. The number of ether oxygens (including phenoxy) is 2. The predicted octanol–water partition coefficient (Wildman–Crippen LogP) is 5.64. The number of methoxy groups -OCH3 is 1. The van der Waals surface area contributed by atoms with E-state index in [2.05, 4.69) is 16.0 Å². The minimum absolute atomic E-state index is 0.0885. The number of carboxylic acid groups (broad SMARTS) is 1. The highest BCUT2D eigenvalue weighted by Gasteiger charge is 2.44. The third kappa shape index (κ3) is 10.4. The van der Waals surface area contributed by atoms with Gasteiger partial charge in [-0.15, -0.1) is 0 Å². The molecule has 41 heavy (non-hydrogen) atoms. The normalized spacial score (nSPS) is 14.5. The summed E-state index contributed by atoms with van der Waals surface area (Å²) >= 11 is 0. The molecule has 0 aliphatic rings. The van der Waals surface area contributed by atoms with Gasteiger partial charge in [0.1, 0.15) is 23.2 Å². The van der Waals surface area contributed by atoms with Crippen molar-refractivity contribution in [1.29, 1.82) is 0 Å². The number of hydrogen-bond acceptors (Lipinski definition) is 6. The summed E-state index contributed by atoms with van der Waals surface area (Å²) in [6, 6.07) is 7.61. The highest BCUT2D eigenvalue weighted by Crippen LogP contribution is 2.34. The van der Waals surface area contributed by atoms with Crippen LogP contribution in [-0.4, -0.2) is 60.2 Å². The molecule has 12 heteroatoms. The summed E-state index contributed by atoms with van der Waals surface area (Å²) in [7, 11) is 1.42. The van der Waals surface area contributed by atoms with Gasteiger partial charge in [-0.05, 0) is 51.8 Å². The molecule has 1 amide bonds. The Bertz CT molecular complexity index is 1150. The van der Waals surface area contributed by atoms with E-state index in [1.165, 1.54) is 65.1 Å². The molecule has 0 spiro atoms. The first-order valence-corrected chi connectivity index (χ1v) is 13.2. The van der Waals surface area contributed by atoms with Gasteiger partial charge in [0.05, 0.1) is 18.8 Å². The van der Waals surface area contributed by atoms with E-state index in [-0.39, 0.29) is 17.9 Å². The van der Waals surface area contributed by atoms with Crippen LogP contribution in [0.5, 0.6) is 11.5 Å². The van der Waals surface area contributed by atoms with Gasteiger partial charge in [0.15, 0.2) is 5.60 Å². The molecule has 8 nitrogen and oxygen atoms in total. The lowest BCUT2D eigenvalue weighted by Gasteiger charge is -2.31. The van der Waals surface area contributed by atoms with Crippen LogP contribution < -0.4 is 25.4 Å². The Kier molecular flexibility index (Phi) is 11.4. The van der Waals surface area contributed by atoms with Crippen molar-refractivity contribution in [3.05, 3.63) is 54.1 Å². The molecular weight excluding hydrogens is 546 g/mol. The summed E-state index contributed by atoms with van der Waals surface area (Å²) in [4.78, 5) is 24.6. The molecule has 2 aromatic carbocycles. The molecule has 0 saturated heterocycles. The molecule has 0 fully saturated rings. The van der Waals surface area contributed by atoms with Crippen LogP contribution in [0.15, 0.2) is 48.5 Å². The quantitative estimate of drug-likeness (QED) is 0.200. The fraction of sp³-hybridized carbons (Fsp3) is 0.517. The Balaban J connectivity index is 2.18. The van der Waals surface area contributed by atoms with Crippen molar-refractivity contribution in [2.75, 3.05) is 19.0 Å². The van der Waals surface area contributed by atoms with Gasteiger partial charge < -0.3 is 25.2 Å². The zero-order valence-corrected chi connectivity index (χ0v) is 24.1. The molecule has 2 aromatic rings. The molecule has 0 radical (unpaired) electrons. The predicted molar refractivity (Wildman–Crippen MR) is 148 cm³/mol. The summed E-state index contributed by atoms with van der Waals surface area (Å²) in [5.74, 6) is -1.30. The molecule has 228 valence electrons. The van der Waals surface area contributed by atoms with E-state index in [9.17, 15) is 32.3 Å². The second-order valence-corrected chi connectivity index (χ2v) is 10.8. The summed E-state index contributed by atoms with van der Waals surface area (Å²) in [5.41, 5.74) is -2.97. The van der Waals surface area contributed by atoms with Crippen molar-refractivity contribution in [2.45, 2.75) is 83.0 Å². The van der Waals surface area contributed by atoms with Gasteiger partial charge in [0, 0.05) is 25.1 Å². The number of carboxylic acids is 1. The molecule has 0 unspecified atom stereocenters. The van der Waals surface area contributed by atoms with Gasteiger partial charge in [0.2, 0.25) is 5.91 Å². The van der Waals surface area contributed by atoms with Gasteiger partial charge in [-0.2, -0.15) is 13.2 Å². The second-order valence-electron chi connectivity index (χ2n) is 10.8. The molecule has 0 aliphatic heterocycles. The molecule has 0 heterocycles. The molecule has 0 aliphatic carbocycles. The van der Waals surface area contributed by atoms with E-state index in [0.717, 1.165) is 0 Å². The molecule has 0 aromatic heterocycles. The highest BCUT2D eigenvalue weighted by atomic mass is 19.4. The maximum absolute atomic E-state index is 14.6. The summed E-state index contributed by atoms with van der Waals surface area (Å²) in [6.07, 6.45) is -4.79. The number of amides is 1. The van der Waals surface area contributed by atoms with Crippen molar-refractivity contribution in [1.82, 2.24) is 10.6 Å². The van der Waals surface area contributed by atoms with Gasteiger partial charge in [0.25, 0.3) is 0 Å². The van der Waals surface area contributed by atoms with E-state index in [4.69, 9.17) is 9.47 Å². The van der Waals surface area contributed by atoms with Crippen molar-refractivity contribution in [3.8, 4) is 11.5 Å². The summed E-state index contributed by atoms with van der Waals surface area (Å²) in [6.45, 7) is 7.19. The van der Waals surface area contributed by atoms with E-state index < -0.39 is 53.9 Å². The van der Waals surface area contributed by atoms with Crippen LogP contribution in [0.4, 0.5) is 23.2 Å². The lowest BCUT2D eigenvalue weighted by atomic mass is 9.97. The second kappa shape index (κ2) is 13.9. The SMILES string of the molecule is CC[C@H](CNc1ccc(OC(C)(C)C(=O)O)cc1OC)NC(=O)[C@H](CC(C)(C)F)N[C@@H](c1ccccc1)C(F)(F)F. The Morgan fingerprint density at radius 2 is 1.63 bits per heavy atom. The van der Waals surface area contributed by atoms with Crippen molar-refractivity contribution in [2.24, 2.45) is 0 Å². The van der Waals surface area contributed by atoms with Gasteiger partial charge >= 0.3 is 12.1 Å². The molecule has 0 bridgehead atoms. The number of hydrogen-bond donors (Lipinski definition) is 4. The van der Waals surface area contributed by atoms with Crippen LogP contribution in [0.3, 0.4) is 0 Å². The lowest BCUT2D eigenvalue weighted by Crippen LogP contribution is -2.53. The topological polar surface area (TPSA) is 109 Å². The van der Waals surface area contributed by atoms with Crippen LogP contribution in [-0.2, 0) is 9.59 Å². The highest BCUT2D eigenvalue weighted by molar-refractivity contribution is 5.82. The van der Waals surface area contributed by atoms with Crippen LogP contribution in [0.1, 0.15) is 59.1 Å². The Morgan fingerprint density at radius 1 is 1.00 bits per heavy atom. The summed E-state index contributed by atoms with van der Waals surface area (Å²) in [5, 5.41) is 17.5. The monoisotopic (exact) mass is 585 g/mol. The Morgan fingerprint density at radius 3 is 2.15 bits per heavy atom. The van der Waals surface area contributed by atoms with E-state index in [1.807, 2.05) is 0 Å². The van der Waals surface area contributed by atoms with Crippen LogP contribution >= 0.6 is 0 Å². The molecular formula is C29H39F4N3O5. The van der Waals surface area contributed by atoms with Crippen LogP contribution in [0, 0.1) is 0 Å². The average molecular weight is 586 g/mol. The van der Waals surface area contributed by atoms with Crippen molar-refractivity contribution in [3.63, 3.8) is 0 Å². The Labute approximate surface area is 237 Å². The van der Waals surface area contributed by atoms with Crippen LogP contribution in [0.25, 0.3) is 0 Å². The molecule has 2 rings (SSSR count). The zero-order valence-electron chi connectivity index (χ0n) is 24.1. The number of alkyl halides is 4. The number of carbonyl (C=O) groups excluding carboxylic acids is 1. The summed E-state index contributed by atoms with van der Waals surface area (Å²) < 4.78 is 67.5. The maximum atomic E-state index is 14.6. The van der Waals surface area contributed by atoms with Gasteiger partial charge in [-0.25, -0.2) is 9.18 Å². The number of nitrogens with one attached hydrogen (secondary N) is 3. The number of rotatable bonds is 15. The first kappa shape index (κ1) is 33.7. The zero-order chi connectivity index (χ0) is 31.0. The Hall–Kier alpha value is -3.54. The maximum Gasteiger partial charge on any atom is 0.407 e. The number of benzene rings is 2. The van der Waals surface area contributed by atoms with E-state index >= 15 is 0 Å². The number of aliphatic carboxylic acids is 1. The number of halogens is 4. The van der Waals surface area contributed by atoms with E-state index in [1.54, 1.807) is 25.1 Å². The fourth-order valence-electron chi connectivity index (χ4n) is 3.99. The molecule has 0 saturated carbocycles. The minimum atomic E-state index is -4.72.